The van der Waals surface area contributed by atoms with Crippen molar-refractivity contribution < 1.29 is 19.4 Å². The van der Waals surface area contributed by atoms with Crippen LogP contribution in [-0.4, -0.2) is 30.4 Å². The van der Waals surface area contributed by atoms with Crippen molar-refractivity contribution in [3.63, 3.8) is 0 Å². The van der Waals surface area contributed by atoms with Crippen LogP contribution in [0, 0.1) is 11.8 Å². The molecule has 3 aromatic rings. The van der Waals surface area contributed by atoms with Crippen LogP contribution in [0.2, 0.25) is 0 Å². The fourth-order valence-corrected chi connectivity index (χ4v) is 4.82. The second kappa shape index (κ2) is 10.1. The van der Waals surface area contributed by atoms with Crippen molar-refractivity contribution in [2.45, 2.75) is 31.5 Å². The van der Waals surface area contributed by atoms with Gasteiger partial charge < -0.3 is 14.6 Å². The lowest BCUT2D eigenvalue weighted by atomic mass is 9.80. The van der Waals surface area contributed by atoms with E-state index in [0.717, 1.165) is 16.7 Å². The van der Waals surface area contributed by atoms with E-state index in [2.05, 4.69) is 36.4 Å². The van der Waals surface area contributed by atoms with Gasteiger partial charge in [-0.05, 0) is 42.4 Å². The molecule has 0 amide bonds. The van der Waals surface area contributed by atoms with Crippen LogP contribution in [0.15, 0.2) is 91.0 Å². The summed E-state index contributed by atoms with van der Waals surface area (Å²) in [5.74, 6) is -0.716. The maximum atomic E-state index is 12.5. The minimum absolute atomic E-state index is 0.112. The smallest absolute Gasteiger partial charge is 0.309 e. The first-order chi connectivity index (χ1) is 15.6. The molecule has 3 unspecified atom stereocenters. The zero-order valence-electron chi connectivity index (χ0n) is 18.4. The number of benzene rings is 3. The number of aliphatic hydroxyl groups is 1. The topological polar surface area (TPSA) is 55.8 Å². The summed E-state index contributed by atoms with van der Waals surface area (Å²) in [7, 11) is 0. The normalized spacial score (nSPS) is 20.8. The van der Waals surface area contributed by atoms with Crippen molar-refractivity contribution in [2.75, 3.05) is 13.2 Å². The van der Waals surface area contributed by atoms with Crippen molar-refractivity contribution >= 4 is 5.97 Å². The van der Waals surface area contributed by atoms with Gasteiger partial charge in [-0.1, -0.05) is 91.0 Å². The first-order valence-electron chi connectivity index (χ1n) is 11.3. The minimum atomic E-state index is -0.837. The molecule has 1 aliphatic carbocycles. The first-order valence-corrected chi connectivity index (χ1v) is 11.3. The van der Waals surface area contributed by atoms with Crippen LogP contribution in [-0.2, 0) is 19.9 Å². The Balaban J connectivity index is 1.75. The van der Waals surface area contributed by atoms with E-state index < -0.39 is 11.7 Å². The van der Waals surface area contributed by atoms with Gasteiger partial charge in [0, 0.05) is 0 Å². The Morgan fingerprint density at radius 3 is 1.75 bits per heavy atom. The molecule has 3 aromatic carbocycles. The Morgan fingerprint density at radius 2 is 1.31 bits per heavy atom. The molecule has 3 atom stereocenters. The van der Waals surface area contributed by atoms with Gasteiger partial charge in [-0.3, -0.25) is 4.79 Å². The average Bonchev–Trinajstić information content (AvgIpc) is 3.22. The molecule has 0 aromatic heterocycles. The van der Waals surface area contributed by atoms with E-state index in [0.29, 0.717) is 26.1 Å². The highest BCUT2D eigenvalue weighted by Gasteiger charge is 2.43. The van der Waals surface area contributed by atoms with Crippen molar-refractivity contribution in [1.29, 1.82) is 0 Å². The molecule has 4 heteroatoms. The van der Waals surface area contributed by atoms with Gasteiger partial charge in [0.1, 0.15) is 5.60 Å². The molecule has 4 rings (SSSR count). The van der Waals surface area contributed by atoms with Gasteiger partial charge in [-0.15, -0.1) is 0 Å². The number of rotatable bonds is 8. The summed E-state index contributed by atoms with van der Waals surface area (Å²) >= 11 is 0. The van der Waals surface area contributed by atoms with E-state index in [1.165, 1.54) is 0 Å². The van der Waals surface area contributed by atoms with Gasteiger partial charge in [0.2, 0.25) is 0 Å². The lowest BCUT2D eigenvalue weighted by molar-refractivity contribution is -0.150. The number of esters is 1. The summed E-state index contributed by atoms with van der Waals surface area (Å²) < 4.78 is 12.1. The number of hydrogen-bond acceptors (Lipinski definition) is 4. The summed E-state index contributed by atoms with van der Waals surface area (Å²) in [4.78, 5) is 12.5. The first kappa shape index (κ1) is 22.3. The Kier molecular flexibility index (Phi) is 7.03. The van der Waals surface area contributed by atoms with Crippen molar-refractivity contribution in [3.8, 4) is 0 Å². The third-order valence-electron chi connectivity index (χ3n) is 6.31. The summed E-state index contributed by atoms with van der Waals surface area (Å²) in [6.45, 7) is 2.47. The van der Waals surface area contributed by atoms with Crippen LogP contribution in [0.3, 0.4) is 0 Å². The van der Waals surface area contributed by atoms with Gasteiger partial charge in [-0.2, -0.15) is 0 Å². The predicted molar refractivity (Wildman–Crippen MR) is 124 cm³/mol. The number of ether oxygens (including phenoxy) is 2. The molecule has 4 nitrogen and oxygen atoms in total. The third-order valence-corrected chi connectivity index (χ3v) is 6.31. The van der Waals surface area contributed by atoms with Crippen LogP contribution in [0.25, 0.3) is 0 Å². The van der Waals surface area contributed by atoms with Crippen LogP contribution < -0.4 is 0 Å². The van der Waals surface area contributed by atoms with Crippen LogP contribution >= 0.6 is 0 Å². The standard InChI is InChI=1S/C28H30O4/c1-2-31-27(30)26-19-25(29)18-21(26)20-32-28(22-12-6-3-7-13-22,23-14-8-4-9-15-23)24-16-10-5-11-17-24/h3-17,21,25-26,29H,2,18-20H2,1H3. The molecule has 0 saturated heterocycles. The average molecular weight is 431 g/mol. The molecule has 0 spiro atoms. The third kappa shape index (κ3) is 4.47. The lowest BCUT2D eigenvalue weighted by Gasteiger charge is -2.37. The molecule has 0 bridgehead atoms. The molecule has 32 heavy (non-hydrogen) atoms. The van der Waals surface area contributed by atoms with E-state index in [4.69, 9.17) is 9.47 Å². The number of carbonyl (C=O) groups excluding carboxylic acids is 1. The van der Waals surface area contributed by atoms with Crippen molar-refractivity contribution in [3.05, 3.63) is 108 Å². The van der Waals surface area contributed by atoms with Gasteiger partial charge in [-0.25, -0.2) is 0 Å². The molecular formula is C28H30O4. The predicted octanol–water partition coefficient (Wildman–Crippen LogP) is 4.95. The maximum Gasteiger partial charge on any atom is 0.309 e. The number of aliphatic hydroxyl groups excluding tert-OH is 1. The van der Waals surface area contributed by atoms with E-state index in [9.17, 15) is 9.90 Å². The summed E-state index contributed by atoms with van der Waals surface area (Å²) in [5.41, 5.74) is 2.21. The quantitative estimate of drug-likeness (QED) is 0.406. The Morgan fingerprint density at radius 1 is 0.844 bits per heavy atom. The van der Waals surface area contributed by atoms with Crippen molar-refractivity contribution in [2.24, 2.45) is 11.8 Å². The maximum absolute atomic E-state index is 12.5. The van der Waals surface area contributed by atoms with Gasteiger partial charge in [0.15, 0.2) is 0 Å². The van der Waals surface area contributed by atoms with E-state index in [1.807, 2.05) is 54.6 Å². The molecule has 166 valence electrons. The number of hydrogen-bond donors (Lipinski definition) is 1. The second-order valence-electron chi connectivity index (χ2n) is 8.33. The van der Waals surface area contributed by atoms with Gasteiger partial charge >= 0.3 is 5.97 Å². The highest BCUT2D eigenvalue weighted by Crippen LogP contribution is 2.42. The van der Waals surface area contributed by atoms with E-state index in [1.54, 1.807) is 6.92 Å². The fourth-order valence-electron chi connectivity index (χ4n) is 4.82. The molecule has 0 aliphatic heterocycles. The zero-order valence-corrected chi connectivity index (χ0v) is 18.4. The van der Waals surface area contributed by atoms with Gasteiger partial charge in [0.25, 0.3) is 0 Å². The largest absolute Gasteiger partial charge is 0.466 e. The van der Waals surface area contributed by atoms with Crippen molar-refractivity contribution in [1.82, 2.24) is 0 Å². The van der Waals surface area contributed by atoms with E-state index >= 15 is 0 Å². The molecule has 0 heterocycles. The Labute approximate surface area is 189 Å². The lowest BCUT2D eigenvalue weighted by Crippen LogP contribution is -2.36. The van der Waals surface area contributed by atoms with Crippen LogP contribution in [0.5, 0.6) is 0 Å². The second-order valence-corrected chi connectivity index (χ2v) is 8.33. The SMILES string of the molecule is CCOC(=O)C1CC(O)CC1COC(c1ccccc1)(c1ccccc1)c1ccccc1. The Bertz CT molecular complexity index is 891. The fraction of sp³-hybridized carbons (Fsp3) is 0.321. The summed E-state index contributed by atoms with van der Waals surface area (Å²) in [6.07, 6.45) is 0.428. The summed E-state index contributed by atoms with van der Waals surface area (Å²) in [5, 5.41) is 10.3. The minimum Gasteiger partial charge on any atom is -0.466 e. The molecule has 1 fully saturated rings. The molecule has 1 saturated carbocycles. The zero-order chi connectivity index (χ0) is 22.4. The summed E-state index contributed by atoms with van der Waals surface area (Å²) in [6, 6.07) is 30.5. The monoisotopic (exact) mass is 430 g/mol. The molecule has 1 N–H and O–H groups in total. The highest BCUT2D eigenvalue weighted by molar-refractivity contribution is 5.73. The highest BCUT2D eigenvalue weighted by atomic mass is 16.5. The van der Waals surface area contributed by atoms with E-state index in [-0.39, 0.29) is 17.8 Å². The molecule has 0 radical (unpaired) electrons. The Hall–Kier alpha value is -2.95. The molecular weight excluding hydrogens is 400 g/mol. The van der Waals surface area contributed by atoms with Crippen LogP contribution in [0.1, 0.15) is 36.5 Å². The van der Waals surface area contributed by atoms with Crippen LogP contribution in [0.4, 0.5) is 0 Å². The molecule has 1 aliphatic rings. The van der Waals surface area contributed by atoms with Gasteiger partial charge in [0.05, 0.1) is 25.2 Å². The number of carbonyl (C=O) groups is 1.